The third-order valence-corrected chi connectivity index (χ3v) is 3.60. The number of hydrogen-bond acceptors (Lipinski definition) is 4. The number of hydrazone groups is 1. The summed E-state index contributed by atoms with van der Waals surface area (Å²) in [4.78, 5) is 12.4. The highest BCUT2D eigenvalue weighted by atomic mass is 32.1. The van der Waals surface area contributed by atoms with Crippen LogP contribution in [0.15, 0.2) is 16.5 Å². The number of amides is 1. The molecule has 0 N–H and O–H groups in total. The van der Waals surface area contributed by atoms with Gasteiger partial charge in [-0.2, -0.15) is 5.10 Å². The molecule has 0 saturated carbocycles. The molecule has 0 fully saturated rings. The van der Waals surface area contributed by atoms with Gasteiger partial charge in [0, 0.05) is 13.0 Å². The molecule has 1 amide bonds. The van der Waals surface area contributed by atoms with Crippen molar-refractivity contribution in [2.45, 2.75) is 13.3 Å². The van der Waals surface area contributed by atoms with Gasteiger partial charge >= 0.3 is 0 Å². The van der Waals surface area contributed by atoms with Gasteiger partial charge < -0.3 is 0 Å². The first-order valence-electron chi connectivity index (χ1n) is 5.30. The standard InChI is InChI=1S/C12H13N3OS/c1-3-6-14(9-16)11-4-7-15(13-11)12-10(2)5-8-17-12/h1,5,8-9H,4,6-7H2,2H3. The molecule has 1 aromatic rings. The molecule has 0 bridgehead atoms. The van der Waals surface area contributed by atoms with Crippen LogP contribution in [0.3, 0.4) is 0 Å². The lowest BCUT2D eigenvalue weighted by atomic mass is 10.3. The predicted octanol–water partition coefficient (Wildman–Crippen LogP) is 1.67. The topological polar surface area (TPSA) is 35.9 Å². The molecule has 0 saturated heterocycles. The van der Waals surface area contributed by atoms with Crippen molar-refractivity contribution in [3.63, 3.8) is 0 Å². The number of thiophene rings is 1. The Hall–Kier alpha value is -1.80. The van der Waals surface area contributed by atoms with Crippen LogP contribution in [0.25, 0.3) is 0 Å². The molecular weight excluding hydrogens is 234 g/mol. The fraction of sp³-hybridized carbons (Fsp3) is 0.333. The van der Waals surface area contributed by atoms with Crippen LogP contribution in [0.4, 0.5) is 5.00 Å². The van der Waals surface area contributed by atoms with E-state index < -0.39 is 0 Å². The SMILES string of the molecule is C#CCN(C=O)C1=NN(c2sccc2C)CC1. The quantitative estimate of drug-likeness (QED) is 0.601. The highest BCUT2D eigenvalue weighted by Crippen LogP contribution is 2.29. The number of hydrogen-bond donors (Lipinski definition) is 0. The van der Waals surface area contributed by atoms with Crippen LogP contribution in [0.5, 0.6) is 0 Å². The fourth-order valence-corrected chi connectivity index (χ4v) is 2.62. The van der Waals surface area contributed by atoms with Gasteiger partial charge in [-0.25, -0.2) is 0 Å². The summed E-state index contributed by atoms with van der Waals surface area (Å²) in [7, 11) is 0. The third-order valence-electron chi connectivity index (χ3n) is 2.57. The monoisotopic (exact) mass is 247 g/mol. The van der Waals surface area contributed by atoms with Gasteiger partial charge in [0.1, 0.15) is 10.8 Å². The number of carbonyl (C=O) groups excluding carboxylic acids is 1. The van der Waals surface area contributed by atoms with Gasteiger partial charge in [0.15, 0.2) is 0 Å². The second-order valence-corrected chi connectivity index (χ2v) is 4.63. The highest BCUT2D eigenvalue weighted by Gasteiger charge is 2.21. The van der Waals surface area contributed by atoms with Crippen molar-refractivity contribution in [1.82, 2.24) is 4.90 Å². The van der Waals surface area contributed by atoms with Crippen molar-refractivity contribution in [3.8, 4) is 12.3 Å². The maximum Gasteiger partial charge on any atom is 0.215 e. The lowest BCUT2D eigenvalue weighted by molar-refractivity contribution is -0.114. The van der Waals surface area contributed by atoms with Crippen LogP contribution >= 0.6 is 11.3 Å². The molecule has 0 atom stereocenters. The highest BCUT2D eigenvalue weighted by molar-refractivity contribution is 7.14. The molecule has 1 aliphatic heterocycles. The van der Waals surface area contributed by atoms with E-state index in [1.54, 1.807) is 11.3 Å². The number of rotatable bonds is 3. The lowest BCUT2D eigenvalue weighted by Gasteiger charge is -2.13. The van der Waals surface area contributed by atoms with E-state index in [9.17, 15) is 4.79 Å². The number of amidine groups is 1. The summed E-state index contributed by atoms with van der Waals surface area (Å²) in [5, 5.41) is 9.54. The van der Waals surface area contributed by atoms with E-state index in [0.717, 1.165) is 30.2 Å². The van der Waals surface area contributed by atoms with Gasteiger partial charge in [0.05, 0.1) is 6.54 Å². The molecule has 88 valence electrons. The number of aryl methyl sites for hydroxylation is 1. The first kappa shape index (κ1) is 11.7. The third kappa shape index (κ3) is 2.32. The molecule has 0 spiro atoms. The second-order valence-electron chi connectivity index (χ2n) is 3.74. The lowest BCUT2D eigenvalue weighted by Crippen LogP contribution is -2.28. The van der Waals surface area contributed by atoms with Crippen LogP contribution < -0.4 is 5.01 Å². The van der Waals surface area contributed by atoms with E-state index >= 15 is 0 Å². The van der Waals surface area contributed by atoms with E-state index in [1.807, 2.05) is 10.4 Å². The molecule has 4 nitrogen and oxygen atoms in total. The zero-order chi connectivity index (χ0) is 12.3. The van der Waals surface area contributed by atoms with Crippen LogP contribution in [-0.2, 0) is 4.79 Å². The Morgan fingerprint density at radius 2 is 2.59 bits per heavy atom. The second kappa shape index (κ2) is 5.02. The normalized spacial score (nSPS) is 14.4. The Morgan fingerprint density at radius 1 is 1.76 bits per heavy atom. The Balaban J connectivity index is 2.16. The van der Waals surface area contributed by atoms with Crippen LogP contribution in [0, 0.1) is 19.3 Å². The molecule has 1 aromatic heterocycles. The first-order chi connectivity index (χ1) is 8.26. The largest absolute Gasteiger partial charge is 0.290 e. The number of nitrogens with zero attached hydrogens (tertiary/aromatic N) is 3. The van der Waals surface area contributed by atoms with Gasteiger partial charge in [-0.1, -0.05) is 5.92 Å². The zero-order valence-electron chi connectivity index (χ0n) is 9.59. The number of terminal acetylenes is 1. The van der Waals surface area contributed by atoms with Gasteiger partial charge in [-0.3, -0.25) is 14.7 Å². The first-order valence-corrected chi connectivity index (χ1v) is 6.18. The van der Waals surface area contributed by atoms with Crippen molar-refractivity contribution in [2.75, 3.05) is 18.1 Å². The van der Waals surface area contributed by atoms with Gasteiger partial charge in [0.25, 0.3) is 0 Å². The number of anilines is 1. The van der Waals surface area contributed by atoms with Crippen LogP contribution in [0.1, 0.15) is 12.0 Å². The predicted molar refractivity (Wildman–Crippen MR) is 70.1 cm³/mol. The number of carbonyl (C=O) groups is 1. The molecule has 0 aromatic carbocycles. The molecule has 1 aliphatic rings. The van der Waals surface area contributed by atoms with Gasteiger partial charge in [-0.15, -0.1) is 17.8 Å². The van der Waals surface area contributed by atoms with Crippen LogP contribution in [0.2, 0.25) is 0 Å². The van der Waals surface area contributed by atoms with E-state index in [4.69, 9.17) is 6.42 Å². The van der Waals surface area contributed by atoms with Crippen molar-refractivity contribution < 1.29 is 4.79 Å². The van der Waals surface area contributed by atoms with Crippen molar-refractivity contribution >= 4 is 28.6 Å². The van der Waals surface area contributed by atoms with Crippen molar-refractivity contribution in [3.05, 3.63) is 17.0 Å². The summed E-state index contributed by atoms with van der Waals surface area (Å²) in [5.74, 6) is 3.20. The van der Waals surface area contributed by atoms with E-state index in [2.05, 4.69) is 24.0 Å². The molecule has 5 heteroatoms. The van der Waals surface area contributed by atoms with Crippen molar-refractivity contribution in [1.29, 1.82) is 0 Å². The Bertz CT molecular complexity index is 486. The summed E-state index contributed by atoms with van der Waals surface area (Å²) >= 11 is 1.65. The molecule has 0 aliphatic carbocycles. The maximum absolute atomic E-state index is 10.9. The van der Waals surface area contributed by atoms with Crippen LogP contribution in [-0.4, -0.2) is 30.2 Å². The Labute approximate surface area is 105 Å². The molecule has 0 radical (unpaired) electrons. The minimum atomic E-state index is 0.277. The van der Waals surface area contributed by atoms with Gasteiger partial charge in [0.2, 0.25) is 6.41 Å². The van der Waals surface area contributed by atoms with E-state index in [1.165, 1.54) is 10.5 Å². The molecular formula is C12H13N3OS. The average Bonchev–Trinajstić information content (AvgIpc) is 2.94. The summed E-state index contributed by atoms with van der Waals surface area (Å²) in [6.45, 7) is 3.13. The molecule has 0 unspecified atom stereocenters. The van der Waals surface area contributed by atoms with Gasteiger partial charge in [-0.05, 0) is 23.9 Å². The molecule has 2 rings (SSSR count). The summed E-state index contributed by atoms with van der Waals surface area (Å²) in [6, 6.07) is 2.06. The Kier molecular flexibility index (Phi) is 3.45. The Morgan fingerprint density at radius 3 is 3.18 bits per heavy atom. The minimum absolute atomic E-state index is 0.277. The van der Waals surface area contributed by atoms with Crippen molar-refractivity contribution in [2.24, 2.45) is 5.10 Å². The summed E-state index contributed by atoms with van der Waals surface area (Å²) in [5.41, 5.74) is 1.20. The molecule has 2 heterocycles. The molecule has 17 heavy (non-hydrogen) atoms. The fourth-order valence-electron chi connectivity index (χ4n) is 1.71. The smallest absolute Gasteiger partial charge is 0.215 e. The maximum atomic E-state index is 10.9. The summed E-state index contributed by atoms with van der Waals surface area (Å²) in [6.07, 6.45) is 6.70. The van der Waals surface area contributed by atoms with E-state index in [-0.39, 0.29) is 6.54 Å². The van der Waals surface area contributed by atoms with E-state index in [0.29, 0.717) is 0 Å². The average molecular weight is 247 g/mol. The zero-order valence-corrected chi connectivity index (χ0v) is 10.4. The summed E-state index contributed by atoms with van der Waals surface area (Å²) < 4.78 is 0. The minimum Gasteiger partial charge on any atom is -0.290 e.